The molecule has 0 bridgehead atoms. The first-order valence-corrected chi connectivity index (χ1v) is 10.4. The van der Waals surface area contributed by atoms with Crippen molar-refractivity contribution in [3.8, 4) is 11.5 Å². The third kappa shape index (κ3) is 4.47. The lowest BCUT2D eigenvalue weighted by Crippen LogP contribution is -2.33. The predicted octanol–water partition coefficient (Wildman–Crippen LogP) is 6.04. The predicted molar refractivity (Wildman–Crippen MR) is 120 cm³/mol. The van der Waals surface area contributed by atoms with Gasteiger partial charge in [0.25, 0.3) is 0 Å². The SMILES string of the molecule is COc1cccc(C2=N[C@H](c3ccc(Br)cc3)N[C@@H](c3cc(Cl)ccc3O)C2)c1. The average Bonchev–Trinajstić information content (AvgIpc) is 2.75. The summed E-state index contributed by atoms with van der Waals surface area (Å²) in [5.74, 6) is 0.999. The average molecular weight is 472 g/mol. The van der Waals surface area contributed by atoms with Crippen LogP contribution in [-0.2, 0) is 0 Å². The number of phenolic OH excluding ortho intramolecular Hbond substituents is 1. The van der Waals surface area contributed by atoms with Crippen molar-refractivity contribution in [3.63, 3.8) is 0 Å². The van der Waals surface area contributed by atoms with E-state index in [1.807, 2.05) is 54.6 Å². The Morgan fingerprint density at radius 3 is 2.66 bits per heavy atom. The topological polar surface area (TPSA) is 53.8 Å². The van der Waals surface area contributed by atoms with E-state index < -0.39 is 0 Å². The summed E-state index contributed by atoms with van der Waals surface area (Å²) in [6.07, 6.45) is 0.370. The molecule has 2 atom stereocenters. The van der Waals surface area contributed by atoms with Crippen LogP contribution in [0.3, 0.4) is 0 Å². The standard InChI is InChI=1S/C23H20BrClN2O2/c1-29-18-4-2-3-15(11-18)20-13-21(19-12-17(25)9-10-22(19)28)27-23(26-20)14-5-7-16(24)8-6-14/h2-12,21,23,27-28H,13H2,1H3/t21-,23+/m1/s1. The van der Waals surface area contributed by atoms with E-state index in [1.54, 1.807) is 19.2 Å². The molecular weight excluding hydrogens is 452 g/mol. The van der Waals surface area contributed by atoms with Crippen LogP contribution >= 0.6 is 27.5 Å². The monoisotopic (exact) mass is 470 g/mol. The molecule has 0 amide bonds. The van der Waals surface area contributed by atoms with Gasteiger partial charge >= 0.3 is 0 Å². The van der Waals surface area contributed by atoms with Crippen molar-refractivity contribution in [2.45, 2.75) is 18.6 Å². The highest BCUT2D eigenvalue weighted by atomic mass is 79.9. The molecule has 0 saturated carbocycles. The fourth-order valence-corrected chi connectivity index (χ4v) is 3.95. The fraction of sp³-hybridized carbons (Fsp3) is 0.174. The van der Waals surface area contributed by atoms with Crippen molar-refractivity contribution in [1.82, 2.24) is 5.32 Å². The van der Waals surface area contributed by atoms with Gasteiger partial charge in [-0.2, -0.15) is 0 Å². The summed E-state index contributed by atoms with van der Waals surface area (Å²) in [5.41, 5.74) is 3.74. The first-order chi connectivity index (χ1) is 14.0. The van der Waals surface area contributed by atoms with Gasteiger partial charge in [-0.3, -0.25) is 10.3 Å². The highest BCUT2D eigenvalue weighted by molar-refractivity contribution is 9.10. The zero-order chi connectivity index (χ0) is 20.4. The molecule has 0 spiro atoms. The number of nitrogens with zero attached hydrogens (tertiary/aromatic N) is 1. The van der Waals surface area contributed by atoms with Gasteiger partial charge in [0.15, 0.2) is 0 Å². The van der Waals surface area contributed by atoms with Gasteiger partial charge in [-0.05, 0) is 53.6 Å². The number of phenols is 1. The van der Waals surface area contributed by atoms with E-state index in [-0.39, 0.29) is 18.0 Å². The van der Waals surface area contributed by atoms with Crippen molar-refractivity contribution < 1.29 is 9.84 Å². The minimum atomic E-state index is -0.249. The van der Waals surface area contributed by atoms with Crippen LogP contribution in [0.2, 0.25) is 5.02 Å². The fourth-order valence-electron chi connectivity index (χ4n) is 3.50. The molecule has 0 saturated heterocycles. The maximum absolute atomic E-state index is 10.5. The molecule has 4 nitrogen and oxygen atoms in total. The van der Waals surface area contributed by atoms with Crippen molar-refractivity contribution >= 4 is 33.2 Å². The number of nitrogens with one attached hydrogen (secondary N) is 1. The Hall–Kier alpha value is -2.34. The number of methoxy groups -OCH3 is 1. The number of ether oxygens (including phenoxy) is 1. The van der Waals surface area contributed by atoms with Crippen molar-refractivity contribution in [3.05, 3.63) is 92.9 Å². The van der Waals surface area contributed by atoms with Gasteiger partial charge in [0, 0.05) is 33.2 Å². The van der Waals surface area contributed by atoms with Crippen LogP contribution in [0.5, 0.6) is 11.5 Å². The lowest BCUT2D eigenvalue weighted by atomic mass is 9.93. The summed E-state index contributed by atoms with van der Waals surface area (Å²) in [4.78, 5) is 4.98. The highest BCUT2D eigenvalue weighted by Gasteiger charge is 2.28. The number of hydrogen-bond donors (Lipinski definition) is 2. The second kappa shape index (κ2) is 8.57. The van der Waals surface area contributed by atoms with Crippen molar-refractivity contribution in [2.24, 2.45) is 4.99 Å². The number of aliphatic imine (C=N–C) groups is 1. The van der Waals surface area contributed by atoms with Gasteiger partial charge in [-0.25, -0.2) is 0 Å². The number of halogens is 2. The largest absolute Gasteiger partial charge is 0.508 e. The summed E-state index contributed by atoms with van der Waals surface area (Å²) in [6.45, 7) is 0. The third-order valence-electron chi connectivity index (χ3n) is 5.00. The van der Waals surface area contributed by atoms with Gasteiger partial charge in [-0.15, -0.1) is 0 Å². The Kier molecular flexibility index (Phi) is 5.90. The molecule has 1 aliphatic rings. The van der Waals surface area contributed by atoms with Gasteiger partial charge in [0.2, 0.25) is 0 Å². The molecule has 0 aliphatic carbocycles. The number of benzene rings is 3. The van der Waals surface area contributed by atoms with E-state index in [0.717, 1.165) is 32.6 Å². The summed E-state index contributed by atoms with van der Waals surface area (Å²) in [7, 11) is 1.65. The Bertz CT molecular complexity index is 1050. The molecule has 0 radical (unpaired) electrons. The van der Waals surface area contributed by atoms with E-state index in [2.05, 4.69) is 21.2 Å². The molecule has 0 fully saturated rings. The maximum Gasteiger partial charge on any atom is 0.126 e. The zero-order valence-corrected chi connectivity index (χ0v) is 18.1. The molecule has 6 heteroatoms. The first-order valence-electron chi connectivity index (χ1n) is 9.24. The Labute approximate surface area is 183 Å². The first kappa shape index (κ1) is 20.0. The van der Waals surface area contributed by atoms with E-state index in [1.165, 1.54) is 0 Å². The number of hydrogen-bond acceptors (Lipinski definition) is 4. The van der Waals surface area contributed by atoms with Gasteiger partial charge in [-0.1, -0.05) is 51.8 Å². The molecule has 0 unspecified atom stereocenters. The normalized spacial score (nSPS) is 18.9. The number of aromatic hydroxyl groups is 1. The summed E-state index contributed by atoms with van der Waals surface area (Å²) in [5, 5.41) is 14.6. The molecule has 2 N–H and O–H groups in total. The smallest absolute Gasteiger partial charge is 0.126 e. The van der Waals surface area contributed by atoms with Gasteiger partial charge < -0.3 is 9.84 Å². The van der Waals surface area contributed by atoms with Gasteiger partial charge in [0.05, 0.1) is 7.11 Å². The van der Waals surface area contributed by atoms with Crippen LogP contribution in [-0.4, -0.2) is 17.9 Å². The van der Waals surface area contributed by atoms with E-state index >= 15 is 0 Å². The molecule has 3 aromatic rings. The second-order valence-corrected chi connectivity index (χ2v) is 8.24. The van der Waals surface area contributed by atoms with E-state index in [0.29, 0.717) is 11.4 Å². The van der Waals surface area contributed by atoms with Crippen LogP contribution in [0.15, 0.2) is 76.2 Å². The van der Waals surface area contributed by atoms with E-state index in [9.17, 15) is 5.11 Å². The molecule has 29 heavy (non-hydrogen) atoms. The van der Waals surface area contributed by atoms with E-state index in [4.69, 9.17) is 21.3 Å². The summed E-state index contributed by atoms with van der Waals surface area (Å²) in [6, 6.07) is 20.9. The molecule has 4 rings (SSSR count). The highest BCUT2D eigenvalue weighted by Crippen LogP contribution is 2.36. The lowest BCUT2D eigenvalue weighted by Gasteiger charge is -2.31. The van der Waals surface area contributed by atoms with Crippen LogP contribution in [0.25, 0.3) is 0 Å². The third-order valence-corrected chi connectivity index (χ3v) is 5.76. The van der Waals surface area contributed by atoms with Crippen LogP contribution in [0.1, 0.15) is 35.3 Å². The molecule has 1 aliphatic heterocycles. The molecular formula is C23H20BrClN2O2. The Balaban J connectivity index is 1.77. The van der Waals surface area contributed by atoms with Crippen LogP contribution < -0.4 is 10.1 Å². The Morgan fingerprint density at radius 1 is 1.10 bits per heavy atom. The minimum Gasteiger partial charge on any atom is -0.508 e. The molecule has 148 valence electrons. The molecule has 3 aromatic carbocycles. The summed E-state index contributed by atoms with van der Waals surface area (Å²) >= 11 is 9.69. The number of rotatable bonds is 4. The summed E-state index contributed by atoms with van der Waals surface area (Å²) < 4.78 is 6.40. The molecule has 0 aromatic heterocycles. The van der Waals surface area contributed by atoms with Crippen LogP contribution in [0, 0.1) is 0 Å². The van der Waals surface area contributed by atoms with Crippen molar-refractivity contribution in [2.75, 3.05) is 7.11 Å². The Morgan fingerprint density at radius 2 is 1.90 bits per heavy atom. The maximum atomic E-state index is 10.5. The quantitative estimate of drug-likeness (QED) is 0.488. The molecule has 1 heterocycles. The van der Waals surface area contributed by atoms with Gasteiger partial charge in [0.1, 0.15) is 17.7 Å². The second-order valence-electron chi connectivity index (χ2n) is 6.89. The minimum absolute atomic E-state index is 0.138. The van der Waals surface area contributed by atoms with Crippen molar-refractivity contribution in [1.29, 1.82) is 0 Å². The zero-order valence-electron chi connectivity index (χ0n) is 15.8. The van der Waals surface area contributed by atoms with Crippen LogP contribution in [0.4, 0.5) is 0 Å². The lowest BCUT2D eigenvalue weighted by molar-refractivity contribution is 0.411.